The van der Waals surface area contributed by atoms with Crippen LogP contribution in [0.5, 0.6) is 0 Å². The summed E-state index contributed by atoms with van der Waals surface area (Å²) >= 11 is 1.88. The Morgan fingerprint density at radius 2 is 1.44 bits per heavy atom. The van der Waals surface area contributed by atoms with Crippen LogP contribution in [0.4, 0.5) is 0 Å². The molecule has 1 aromatic rings. The third-order valence-electron chi connectivity index (χ3n) is 4.34. The summed E-state index contributed by atoms with van der Waals surface area (Å²) in [7, 11) is 0. The highest BCUT2D eigenvalue weighted by molar-refractivity contribution is 7.99. The van der Waals surface area contributed by atoms with Crippen LogP contribution < -0.4 is 0 Å². The normalized spacial score (nSPS) is 10.8. The molecule has 0 saturated heterocycles. The highest BCUT2D eigenvalue weighted by atomic mass is 32.2. The smallest absolute Gasteiger partial charge is 0.306 e. The van der Waals surface area contributed by atoms with Crippen LogP contribution in [0.1, 0.15) is 83.1 Å². The summed E-state index contributed by atoms with van der Waals surface area (Å²) < 4.78 is 5.28. The number of hydrogen-bond acceptors (Lipinski definition) is 3. The molecule has 0 bridgehead atoms. The highest BCUT2D eigenvalue weighted by Crippen LogP contribution is 2.13. The lowest BCUT2D eigenvalue weighted by molar-refractivity contribution is -0.144. The van der Waals surface area contributed by atoms with E-state index in [4.69, 9.17) is 4.74 Å². The van der Waals surface area contributed by atoms with Crippen molar-refractivity contribution < 1.29 is 9.53 Å². The second-order valence-electron chi connectivity index (χ2n) is 6.69. The molecule has 1 aromatic carbocycles. The molecule has 0 unspecified atom stereocenters. The third kappa shape index (κ3) is 13.9. The predicted octanol–water partition coefficient (Wildman–Crippen LogP) is 6.77. The van der Waals surface area contributed by atoms with Crippen molar-refractivity contribution in [3.63, 3.8) is 0 Å². The second kappa shape index (κ2) is 16.5. The van der Waals surface area contributed by atoms with Gasteiger partial charge in [0.1, 0.15) is 6.61 Å². The Morgan fingerprint density at radius 3 is 2.08 bits per heavy atom. The first-order chi connectivity index (χ1) is 12.3. The van der Waals surface area contributed by atoms with E-state index in [-0.39, 0.29) is 5.97 Å². The highest BCUT2D eigenvalue weighted by Gasteiger charge is 2.03. The minimum Gasteiger partial charge on any atom is -0.461 e. The van der Waals surface area contributed by atoms with Gasteiger partial charge < -0.3 is 4.74 Å². The fraction of sp³-hybridized carbons (Fsp3) is 0.682. The van der Waals surface area contributed by atoms with Crippen LogP contribution in [0.3, 0.4) is 0 Å². The number of unbranched alkanes of at least 4 members (excludes halogenated alkanes) is 9. The molecule has 0 amide bonds. The molecule has 0 spiro atoms. The fourth-order valence-electron chi connectivity index (χ4n) is 2.76. The van der Waals surface area contributed by atoms with E-state index in [0.717, 1.165) is 11.3 Å². The average molecular weight is 365 g/mol. The summed E-state index contributed by atoms with van der Waals surface area (Å²) in [6, 6.07) is 9.85. The van der Waals surface area contributed by atoms with Gasteiger partial charge >= 0.3 is 5.97 Å². The van der Waals surface area contributed by atoms with Crippen molar-refractivity contribution in [2.24, 2.45) is 0 Å². The number of carbonyl (C=O) groups is 1. The van der Waals surface area contributed by atoms with Gasteiger partial charge in [-0.25, -0.2) is 0 Å². The van der Waals surface area contributed by atoms with Gasteiger partial charge in [0.15, 0.2) is 0 Å². The Morgan fingerprint density at radius 1 is 0.840 bits per heavy atom. The van der Waals surface area contributed by atoms with Gasteiger partial charge in [0.2, 0.25) is 0 Å². The van der Waals surface area contributed by atoms with E-state index in [1.165, 1.54) is 70.0 Å². The van der Waals surface area contributed by atoms with E-state index < -0.39 is 0 Å². The van der Waals surface area contributed by atoms with Crippen molar-refractivity contribution in [1.29, 1.82) is 0 Å². The number of hydrogen-bond donors (Lipinski definition) is 0. The van der Waals surface area contributed by atoms with E-state index in [0.29, 0.717) is 13.0 Å². The van der Waals surface area contributed by atoms with Crippen molar-refractivity contribution in [3.8, 4) is 0 Å². The Hall–Kier alpha value is -0.960. The Labute approximate surface area is 159 Å². The molecule has 0 fully saturated rings. The van der Waals surface area contributed by atoms with Gasteiger partial charge in [-0.05, 0) is 17.7 Å². The Kier molecular flexibility index (Phi) is 14.6. The summed E-state index contributed by atoms with van der Waals surface area (Å²) in [5.74, 6) is 1.97. The molecule has 0 atom stereocenters. The number of carbonyl (C=O) groups excluding carboxylic acids is 1. The average Bonchev–Trinajstić information content (AvgIpc) is 2.64. The Bertz CT molecular complexity index is 419. The summed E-state index contributed by atoms with van der Waals surface area (Å²) in [5.41, 5.74) is 1.05. The second-order valence-corrected chi connectivity index (χ2v) is 7.92. The van der Waals surface area contributed by atoms with E-state index >= 15 is 0 Å². The van der Waals surface area contributed by atoms with Crippen LogP contribution >= 0.6 is 11.8 Å². The topological polar surface area (TPSA) is 26.3 Å². The zero-order chi connectivity index (χ0) is 18.0. The first-order valence-electron chi connectivity index (χ1n) is 10.1. The molecule has 0 aromatic heterocycles. The first-order valence-corrected chi connectivity index (χ1v) is 11.3. The van der Waals surface area contributed by atoms with Crippen LogP contribution in [-0.2, 0) is 16.1 Å². The molecule has 0 aliphatic carbocycles. The molecule has 0 saturated carbocycles. The van der Waals surface area contributed by atoms with E-state index in [9.17, 15) is 4.79 Å². The van der Waals surface area contributed by atoms with Gasteiger partial charge in [-0.2, -0.15) is 11.8 Å². The molecule has 0 aliphatic heterocycles. The number of thioether (sulfide) groups is 1. The van der Waals surface area contributed by atoms with Crippen molar-refractivity contribution in [3.05, 3.63) is 35.9 Å². The van der Waals surface area contributed by atoms with Gasteiger partial charge in [0, 0.05) is 5.75 Å². The number of esters is 1. The molecule has 0 N–H and O–H groups in total. The van der Waals surface area contributed by atoms with E-state index in [2.05, 4.69) is 6.92 Å². The number of benzene rings is 1. The Balaban J connectivity index is 1.80. The molecular formula is C22H36O2S. The summed E-state index contributed by atoms with van der Waals surface area (Å²) in [6.07, 6.45) is 14.3. The van der Waals surface area contributed by atoms with Gasteiger partial charge in [-0.3, -0.25) is 4.79 Å². The molecule has 25 heavy (non-hydrogen) atoms. The minimum atomic E-state index is -0.0839. The van der Waals surface area contributed by atoms with Crippen LogP contribution in [0.15, 0.2) is 30.3 Å². The van der Waals surface area contributed by atoms with Crippen molar-refractivity contribution in [1.82, 2.24) is 0 Å². The molecule has 142 valence electrons. The third-order valence-corrected chi connectivity index (χ3v) is 5.41. The van der Waals surface area contributed by atoms with Gasteiger partial charge in [-0.15, -0.1) is 0 Å². The lowest BCUT2D eigenvalue weighted by atomic mass is 10.1. The van der Waals surface area contributed by atoms with E-state index in [1.807, 2.05) is 42.1 Å². The maximum atomic E-state index is 11.7. The monoisotopic (exact) mass is 364 g/mol. The molecule has 0 radical (unpaired) electrons. The lowest BCUT2D eigenvalue weighted by Crippen LogP contribution is -2.05. The summed E-state index contributed by atoms with van der Waals surface area (Å²) in [4.78, 5) is 11.7. The summed E-state index contributed by atoms with van der Waals surface area (Å²) in [5, 5.41) is 0. The quantitative estimate of drug-likeness (QED) is 0.239. The molecule has 0 aliphatic rings. The first kappa shape index (κ1) is 22.1. The van der Waals surface area contributed by atoms with E-state index in [1.54, 1.807) is 0 Å². The van der Waals surface area contributed by atoms with Crippen LogP contribution in [0.25, 0.3) is 0 Å². The molecular weight excluding hydrogens is 328 g/mol. The molecule has 3 heteroatoms. The maximum absolute atomic E-state index is 11.7. The fourth-order valence-corrected chi connectivity index (χ4v) is 3.68. The van der Waals surface area contributed by atoms with Crippen LogP contribution in [-0.4, -0.2) is 17.5 Å². The number of rotatable bonds is 16. The lowest BCUT2D eigenvalue weighted by Gasteiger charge is -2.05. The molecule has 2 nitrogen and oxygen atoms in total. The van der Waals surface area contributed by atoms with Crippen molar-refractivity contribution in [2.75, 3.05) is 11.5 Å². The number of ether oxygens (including phenoxy) is 1. The zero-order valence-corrected chi connectivity index (χ0v) is 16.8. The van der Waals surface area contributed by atoms with Gasteiger partial charge in [0.25, 0.3) is 0 Å². The molecule has 1 rings (SSSR count). The summed E-state index contributed by atoms with van der Waals surface area (Å²) in [6.45, 7) is 2.66. The van der Waals surface area contributed by atoms with Gasteiger partial charge in [-0.1, -0.05) is 95.0 Å². The van der Waals surface area contributed by atoms with Crippen molar-refractivity contribution in [2.45, 2.75) is 84.2 Å². The molecule has 0 heterocycles. The largest absolute Gasteiger partial charge is 0.461 e. The predicted molar refractivity (Wildman–Crippen MR) is 110 cm³/mol. The standard InChI is InChI=1S/C22H36O2S/c1-2-3-4-5-6-7-8-9-10-14-18-25-19-17-22(23)24-20-21-15-12-11-13-16-21/h11-13,15-16H,2-10,14,17-20H2,1H3. The maximum Gasteiger partial charge on any atom is 0.306 e. The van der Waals surface area contributed by atoms with Crippen LogP contribution in [0, 0.1) is 0 Å². The van der Waals surface area contributed by atoms with Gasteiger partial charge in [0.05, 0.1) is 6.42 Å². The van der Waals surface area contributed by atoms with Crippen LogP contribution in [0.2, 0.25) is 0 Å². The minimum absolute atomic E-state index is 0.0839. The van der Waals surface area contributed by atoms with Crippen molar-refractivity contribution >= 4 is 17.7 Å². The zero-order valence-electron chi connectivity index (χ0n) is 16.0. The SMILES string of the molecule is CCCCCCCCCCCCSCCC(=O)OCc1ccccc1.